The van der Waals surface area contributed by atoms with E-state index in [4.69, 9.17) is 0 Å². The van der Waals surface area contributed by atoms with E-state index in [1.807, 2.05) is 0 Å². The highest BCUT2D eigenvalue weighted by molar-refractivity contribution is 7.89. The highest BCUT2D eigenvalue weighted by atomic mass is 32.2. The number of nitrogens with one attached hydrogen (secondary N) is 1. The number of nitro groups is 1. The van der Waals surface area contributed by atoms with E-state index in [0.717, 1.165) is 6.07 Å². The van der Waals surface area contributed by atoms with Crippen molar-refractivity contribution in [3.05, 3.63) is 69.3 Å². The number of methoxy groups -OCH3 is 1. The van der Waals surface area contributed by atoms with Crippen molar-refractivity contribution >= 4 is 21.7 Å². The van der Waals surface area contributed by atoms with Gasteiger partial charge in [-0.2, -0.15) is 0 Å². The van der Waals surface area contributed by atoms with Crippen molar-refractivity contribution in [2.45, 2.75) is 18.4 Å². The number of nitrogens with zero attached hydrogens (tertiary/aromatic N) is 1. The van der Waals surface area contributed by atoms with Crippen LogP contribution in [0.3, 0.4) is 0 Å². The Labute approximate surface area is 144 Å². The monoisotopic (exact) mass is 364 g/mol. The first-order chi connectivity index (χ1) is 11.7. The molecule has 2 aromatic carbocycles. The summed E-state index contributed by atoms with van der Waals surface area (Å²) in [5.74, 6) is -0.487. The minimum absolute atomic E-state index is 0.0219. The van der Waals surface area contributed by atoms with Crippen molar-refractivity contribution in [2.24, 2.45) is 0 Å². The maximum absolute atomic E-state index is 12.4. The van der Waals surface area contributed by atoms with Crippen molar-refractivity contribution < 1.29 is 22.9 Å². The lowest BCUT2D eigenvalue weighted by molar-refractivity contribution is -0.385. The Balaban J connectivity index is 2.18. The minimum Gasteiger partial charge on any atom is -0.465 e. The van der Waals surface area contributed by atoms with E-state index in [-0.39, 0.29) is 17.1 Å². The lowest BCUT2D eigenvalue weighted by Crippen LogP contribution is -2.24. The summed E-state index contributed by atoms with van der Waals surface area (Å²) in [7, 11) is -2.65. The summed E-state index contributed by atoms with van der Waals surface area (Å²) < 4.78 is 31.8. The van der Waals surface area contributed by atoms with Crippen LogP contribution < -0.4 is 4.72 Å². The predicted molar refractivity (Wildman–Crippen MR) is 89.6 cm³/mol. The Hall–Kier alpha value is -2.78. The number of carbonyl (C=O) groups excluding carboxylic acids is 1. The summed E-state index contributed by atoms with van der Waals surface area (Å²) in [5.41, 5.74) is 1.08. The Morgan fingerprint density at radius 1 is 1.20 bits per heavy atom. The zero-order valence-electron chi connectivity index (χ0n) is 13.6. The number of aryl methyl sites for hydroxylation is 1. The number of carbonyl (C=O) groups is 1. The first-order valence-electron chi connectivity index (χ1n) is 7.16. The van der Waals surface area contributed by atoms with Gasteiger partial charge < -0.3 is 4.74 Å². The second-order valence-electron chi connectivity index (χ2n) is 5.22. The van der Waals surface area contributed by atoms with Gasteiger partial charge in [-0.05, 0) is 30.2 Å². The summed E-state index contributed by atoms with van der Waals surface area (Å²) in [4.78, 5) is 21.4. The molecule has 0 aliphatic rings. The van der Waals surface area contributed by atoms with E-state index < -0.39 is 20.9 Å². The quantitative estimate of drug-likeness (QED) is 0.477. The molecule has 8 nitrogen and oxygen atoms in total. The molecule has 0 aromatic heterocycles. The summed E-state index contributed by atoms with van der Waals surface area (Å²) in [6, 6.07) is 9.89. The van der Waals surface area contributed by atoms with E-state index in [0.29, 0.717) is 16.7 Å². The number of rotatable bonds is 6. The molecule has 0 saturated heterocycles. The van der Waals surface area contributed by atoms with E-state index in [1.54, 1.807) is 19.1 Å². The number of hydrogen-bond acceptors (Lipinski definition) is 6. The van der Waals surface area contributed by atoms with Crippen LogP contribution in [0.2, 0.25) is 0 Å². The average molecular weight is 364 g/mol. The van der Waals surface area contributed by atoms with Crippen LogP contribution in [-0.4, -0.2) is 26.4 Å². The van der Waals surface area contributed by atoms with Crippen molar-refractivity contribution in [2.75, 3.05) is 7.11 Å². The minimum atomic E-state index is -3.92. The molecule has 0 unspecified atom stereocenters. The van der Waals surface area contributed by atoms with Crippen LogP contribution in [0.1, 0.15) is 21.5 Å². The third-order valence-electron chi connectivity index (χ3n) is 3.51. The molecule has 2 aromatic rings. The topological polar surface area (TPSA) is 116 Å². The van der Waals surface area contributed by atoms with Crippen LogP contribution in [0, 0.1) is 17.0 Å². The molecular formula is C16H16N2O6S. The van der Waals surface area contributed by atoms with Gasteiger partial charge in [-0.1, -0.05) is 18.2 Å². The van der Waals surface area contributed by atoms with Crippen LogP contribution in [0.15, 0.2) is 47.4 Å². The van der Waals surface area contributed by atoms with Gasteiger partial charge in [-0.15, -0.1) is 0 Å². The van der Waals surface area contributed by atoms with E-state index >= 15 is 0 Å². The molecule has 0 amide bonds. The molecule has 0 saturated carbocycles. The number of benzene rings is 2. The van der Waals surface area contributed by atoms with Crippen molar-refractivity contribution in [1.82, 2.24) is 4.72 Å². The number of esters is 1. The normalized spacial score (nSPS) is 11.1. The first kappa shape index (κ1) is 18.6. The molecule has 2 rings (SSSR count). The maximum Gasteiger partial charge on any atom is 0.337 e. The molecule has 0 fully saturated rings. The largest absolute Gasteiger partial charge is 0.465 e. The second-order valence-corrected chi connectivity index (χ2v) is 6.96. The van der Waals surface area contributed by atoms with Gasteiger partial charge >= 0.3 is 5.97 Å². The smallest absolute Gasteiger partial charge is 0.337 e. The van der Waals surface area contributed by atoms with Crippen molar-refractivity contribution in [3.8, 4) is 0 Å². The summed E-state index contributed by atoms with van der Waals surface area (Å²) >= 11 is 0. The number of ether oxygens (including phenoxy) is 1. The summed E-state index contributed by atoms with van der Waals surface area (Å²) in [5, 5.41) is 10.8. The van der Waals surface area contributed by atoms with Gasteiger partial charge in [0.2, 0.25) is 10.0 Å². The van der Waals surface area contributed by atoms with Gasteiger partial charge in [0, 0.05) is 18.7 Å². The molecule has 0 atom stereocenters. The van der Waals surface area contributed by atoms with Gasteiger partial charge in [-0.25, -0.2) is 17.9 Å². The van der Waals surface area contributed by atoms with Crippen molar-refractivity contribution in [1.29, 1.82) is 0 Å². The van der Waals surface area contributed by atoms with E-state index in [9.17, 15) is 23.3 Å². The molecule has 0 radical (unpaired) electrons. The highest BCUT2D eigenvalue weighted by Crippen LogP contribution is 2.21. The van der Waals surface area contributed by atoms with Crippen LogP contribution in [0.25, 0.3) is 0 Å². The average Bonchev–Trinajstić information content (AvgIpc) is 2.59. The molecule has 0 bridgehead atoms. The van der Waals surface area contributed by atoms with Gasteiger partial charge in [-0.3, -0.25) is 10.1 Å². The first-order valence-corrected chi connectivity index (χ1v) is 8.65. The fourth-order valence-corrected chi connectivity index (χ4v) is 3.40. The van der Waals surface area contributed by atoms with Crippen LogP contribution in [-0.2, 0) is 21.3 Å². The Bertz CT molecular complexity index is 907. The number of hydrogen-bond donors (Lipinski definition) is 1. The standard InChI is InChI=1S/C16H16N2O6S/c1-11-3-8-14(18(20)21)9-15(11)25(22,23)17-10-12-4-6-13(7-5-12)16(19)24-2/h3-9,17H,10H2,1-2H3. The number of nitro benzene ring substituents is 1. The molecular weight excluding hydrogens is 348 g/mol. The van der Waals surface area contributed by atoms with E-state index in [2.05, 4.69) is 9.46 Å². The fourth-order valence-electron chi connectivity index (χ4n) is 2.12. The molecule has 0 aliphatic heterocycles. The Kier molecular flexibility index (Phi) is 5.50. The number of sulfonamides is 1. The Morgan fingerprint density at radius 2 is 1.84 bits per heavy atom. The Morgan fingerprint density at radius 3 is 2.40 bits per heavy atom. The zero-order valence-corrected chi connectivity index (χ0v) is 14.4. The van der Waals surface area contributed by atoms with Gasteiger partial charge in [0.05, 0.1) is 22.5 Å². The molecule has 1 N–H and O–H groups in total. The van der Waals surface area contributed by atoms with Gasteiger partial charge in [0.1, 0.15) is 0 Å². The van der Waals surface area contributed by atoms with Crippen molar-refractivity contribution in [3.63, 3.8) is 0 Å². The second kappa shape index (κ2) is 7.41. The fraction of sp³-hybridized carbons (Fsp3) is 0.188. The third-order valence-corrected chi connectivity index (χ3v) is 5.06. The zero-order chi connectivity index (χ0) is 18.6. The molecule has 0 spiro atoms. The molecule has 0 aliphatic carbocycles. The van der Waals surface area contributed by atoms with Crippen LogP contribution >= 0.6 is 0 Å². The van der Waals surface area contributed by atoms with E-state index in [1.165, 1.54) is 31.4 Å². The lowest BCUT2D eigenvalue weighted by Gasteiger charge is -2.09. The van der Waals surface area contributed by atoms with Crippen LogP contribution in [0.5, 0.6) is 0 Å². The predicted octanol–water partition coefficient (Wildman–Crippen LogP) is 2.17. The molecule has 25 heavy (non-hydrogen) atoms. The molecule has 9 heteroatoms. The summed E-state index contributed by atoms with van der Waals surface area (Å²) in [6.45, 7) is 1.54. The lowest BCUT2D eigenvalue weighted by atomic mass is 10.1. The highest BCUT2D eigenvalue weighted by Gasteiger charge is 2.20. The SMILES string of the molecule is COC(=O)c1ccc(CNS(=O)(=O)c2cc([N+](=O)[O-])ccc2C)cc1. The van der Waals surface area contributed by atoms with Crippen LogP contribution in [0.4, 0.5) is 5.69 Å². The summed E-state index contributed by atoms with van der Waals surface area (Å²) in [6.07, 6.45) is 0. The molecule has 132 valence electrons. The molecule has 0 heterocycles. The third kappa shape index (κ3) is 4.40. The van der Waals surface area contributed by atoms with Gasteiger partial charge in [0.25, 0.3) is 5.69 Å². The number of non-ortho nitro benzene ring substituents is 1. The maximum atomic E-state index is 12.4. The van der Waals surface area contributed by atoms with Gasteiger partial charge in [0.15, 0.2) is 0 Å².